The zero-order chi connectivity index (χ0) is 16.8. The zero-order valence-electron chi connectivity index (χ0n) is 13.5. The molecule has 23 heavy (non-hydrogen) atoms. The third kappa shape index (κ3) is 4.68. The zero-order valence-corrected chi connectivity index (χ0v) is 13.5. The minimum atomic E-state index is -0.688. The SMILES string of the molecule is CC(C)C(=O)N[C@H](Cc1ccc(-c2ccccc2)cc1)C(N)=O. The number of carbonyl (C=O) groups excluding carboxylic acids is 2. The Balaban J connectivity index is 2.09. The second-order valence-corrected chi connectivity index (χ2v) is 5.89. The van der Waals surface area contributed by atoms with Crippen LogP contribution in [0.2, 0.25) is 0 Å². The molecule has 2 aromatic rings. The van der Waals surface area contributed by atoms with Crippen LogP contribution in [0.3, 0.4) is 0 Å². The smallest absolute Gasteiger partial charge is 0.240 e. The lowest BCUT2D eigenvalue weighted by molar-refractivity contribution is -0.129. The Labute approximate surface area is 136 Å². The molecule has 0 saturated carbocycles. The quantitative estimate of drug-likeness (QED) is 0.860. The largest absolute Gasteiger partial charge is 0.368 e. The highest BCUT2D eigenvalue weighted by Crippen LogP contribution is 2.19. The lowest BCUT2D eigenvalue weighted by Gasteiger charge is -2.17. The van der Waals surface area contributed by atoms with Gasteiger partial charge < -0.3 is 11.1 Å². The normalized spacial score (nSPS) is 12.0. The van der Waals surface area contributed by atoms with Gasteiger partial charge in [0.15, 0.2) is 0 Å². The van der Waals surface area contributed by atoms with E-state index in [9.17, 15) is 9.59 Å². The fourth-order valence-electron chi connectivity index (χ4n) is 2.26. The lowest BCUT2D eigenvalue weighted by atomic mass is 10.00. The van der Waals surface area contributed by atoms with Gasteiger partial charge in [-0.05, 0) is 16.7 Å². The summed E-state index contributed by atoms with van der Waals surface area (Å²) in [6, 6.07) is 17.3. The molecule has 2 amide bonds. The van der Waals surface area contributed by atoms with E-state index >= 15 is 0 Å². The van der Waals surface area contributed by atoms with E-state index in [0.717, 1.165) is 16.7 Å². The maximum atomic E-state index is 11.8. The molecular formula is C19H22N2O2. The van der Waals surface area contributed by atoms with Crippen molar-refractivity contribution >= 4 is 11.8 Å². The van der Waals surface area contributed by atoms with Crippen molar-refractivity contribution in [2.24, 2.45) is 11.7 Å². The molecule has 4 heteroatoms. The summed E-state index contributed by atoms with van der Waals surface area (Å²) in [5, 5.41) is 2.70. The first-order chi connectivity index (χ1) is 11.0. The maximum absolute atomic E-state index is 11.8. The van der Waals surface area contributed by atoms with Gasteiger partial charge in [0.2, 0.25) is 11.8 Å². The van der Waals surface area contributed by atoms with Crippen LogP contribution in [0.1, 0.15) is 19.4 Å². The molecule has 0 unspecified atom stereocenters. The van der Waals surface area contributed by atoms with Gasteiger partial charge in [0.05, 0.1) is 0 Å². The Morgan fingerprint density at radius 2 is 1.52 bits per heavy atom. The average molecular weight is 310 g/mol. The van der Waals surface area contributed by atoms with E-state index in [1.54, 1.807) is 13.8 Å². The van der Waals surface area contributed by atoms with Crippen LogP contribution >= 0.6 is 0 Å². The van der Waals surface area contributed by atoms with Crippen LogP contribution in [0, 0.1) is 5.92 Å². The summed E-state index contributed by atoms with van der Waals surface area (Å²) >= 11 is 0. The van der Waals surface area contributed by atoms with Crippen LogP contribution < -0.4 is 11.1 Å². The minimum absolute atomic E-state index is 0.172. The highest BCUT2D eigenvalue weighted by atomic mass is 16.2. The van der Waals surface area contributed by atoms with E-state index in [4.69, 9.17) is 5.73 Å². The number of hydrogen-bond acceptors (Lipinski definition) is 2. The number of carbonyl (C=O) groups is 2. The molecule has 0 saturated heterocycles. The summed E-state index contributed by atoms with van der Waals surface area (Å²) < 4.78 is 0. The van der Waals surface area contributed by atoms with Crippen molar-refractivity contribution in [2.45, 2.75) is 26.3 Å². The predicted octanol–water partition coefficient (Wildman–Crippen LogP) is 2.52. The fraction of sp³-hybridized carbons (Fsp3) is 0.263. The Bertz CT molecular complexity index is 664. The van der Waals surface area contributed by atoms with Crippen molar-refractivity contribution in [1.82, 2.24) is 5.32 Å². The Hall–Kier alpha value is -2.62. The van der Waals surface area contributed by atoms with Crippen LogP contribution in [-0.2, 0) is 16.0 Å². The lowest BCUT2D eigenvalue weighted by Crippen LogP contribution is -2.47. The first-order valence-electron chi connectivity index (χ1n) is 7.71. The molecule has 0 bridgehead atoms. The van der Waals surface area contributed by atoms with E-state index in [1.807, 2.05) is 54.6 Å². The van der Waals surface area contributed by atoms with Crippen molar-refractivity contribution in [3.8, 4) is 11.1 Å². The van der Waals surface area contributed by atoms with Gasteiger partial charge in [0.1, 0.15) is 6.04 Å². The molecule has 0 aliphatic rings. The number of nitrogens with two attached hydrogens (primary N) is 1. The summed E-state index contributed by atoms with van der Waals surface area (Å²) in [6.45, 7) is 3.56. The number of amides is 2. The maximum Gasteiger partial charge on any atom is 0.240 e. The van der Waals surface area contributed by atoms with E-state index in [-0.39, 0.29) is 11.8 Å². The van der Waals surface area contributed by atoms with Gasteiger partial charge in [-0.25, -0.2) is 0 Å². The number of nitrogens with one attached hydrogen (secondary N) is 1. The molecule has 1 atom stereocenters. The molecule has 0 aliphatic heterocycles. The Morgan fingerprint density at radius 3 is 2.04 bits per heavy atom. The molecule has 0 spiro atoms. The van der Waals surface area contributed by atoms with Crippen LogP contribution in [0.5, 0.6) is 0 Å². The second-order valence-electron chi connectivity index (χ2n) is 5.89. The Kier molecular flexibility index (Phi) is 5.52. The topological polar surface area (TPSA) is 72.2 Å². The van der Waals surface area contributed by atoms with E-state index in [0.29, 0.717) is 6.42 Å². The van der Waals surface area contributed by atoms with Crippen LogP contribution in [0.4, 0.5) is 0 Å². The van der Waals surface area contributed by atoms with Gasteiger partial charge in [-0.15, -0.1) is 0 Å². The van der Waals surface area contributed by atoms with Crippen LogP contribution in [0.15, 0.2) is 54.6 Å². The van der Waals surface area contributed by atoms with Gasteiger partial charge in [-0.3, -0.25) is 9.59 Å². The predicted molar refractivity (Wildman–Crippen MR) is 91.5 cm³/mol. The molecule has 2 aromatic carbocycles. The standard InChI is InChI=1S/C19H22N2O2/c1-13(2)19(23)21-17(18(20)22)12-14-8-10-16(11-9-14)15-6-4-3-5-7-15/h3-11,13,17H,12H2,1-2H3,(H2,20,22)(H,21,23)/t17-/m1/s1. The van der Waals surface area contributed by atoms with Gasteiger partial charge in [0, 0.05) is 12.3 Å². The number of benzene rings is 2. The minimum Gasteiger partial charge on any atom is -0.368 e. The molecule has 0 fully saturated rings. The summed E-state index contributed by atoms with van der Waals surface area (Å²) in [7, 11) is 0. The van der Waals surface area contributed by atoms with E-state index in [1.165, 1.54) is 0 Å². The fourth-order valence-corrected chi connectivity index (χ4v) is 2.26. The monoisotopic (exact) mass is 310 g/mol. The van der Waals surface area contributed by atoms with E-state index in [2.05, 4.69) is 5.32 Å². The molecule has 0 aromatic heterocycles. The number of primary amides is 1. The van der Waals surface area contributed by atoms with Crippen molar-refractivity contribution in [2.75, 3.05) is 0 Å². The van der Waals surface area contributed by atoms with Crippen molar-refractivity contribution in [3.05, 3.63) is 60.2 Å². The molecule has 2 rings (SSSR count). The van der Waals surface area contributed by atoms with Gasteiger partial charge in [-0.1, -0.05) is 68.4 Å². The van der Waals surface area contributed by atoms with E-state index < -0.39 is 11.9 Å². The molecule has 4 nitrogen and oxygen atoms in total. The Morgan fingerprint density at radius 1 is 0.957 bits per heavy atom. The molecule has 0 radical (unpaired) electrons. The van der Waals surface area contributed by atoms with Crippen LogP contribution in [-0.4, -0.2) is 17.9 Å². The summed E-state index contributed by atoms with van der Waals surface area (Å²) in [5.74, 6) is -0.877. The van der Waals surface area contributed by atoms with Crippen molar-refractivity contribution in [1.29, 1.82) is 0 Å². The average Bonchev–Trinajstić information content (AvgIpc) is 2.55. The summed E-state index contributed by atoms with van der Waals surface area (Å²) in [4.78, 5) is 23.3. The van der Waals surface area contributed by atoms with Gasteiger partial charge in [-0.2, -0.15) is 0 Å². The molecular weight excluding hydrogens is 288 g/mol. The number of hydrogen-bond donors (Lipinski definition) is 2. The van der Waals surface area contributed by atoms with Crippen molar-refractivity contribution in [3.63, 3.8) is 0 Å². The highest BCUT2D eigenvalue weighted by Gasteiger charge is 2.20. The molecule has 3 N–H and O–H groups in total. The molecule has 0 heterocycles. The van der Waals surface area contributed by atoms with Gasteiger partial charge in [0.25, 0.3) is 0 Å². The summed E-state index contributed by atoms with van der Waals surface area (Å²) in [6.07, 6.45) is 0.392. The highest BCUT2D eigenvalue weighted by molar-refractivity contribution is 5.87. The van der Waals surface area contributed by atoms with Crippen molar-refractivity contribution < 1.29 is 9.59 Å². The molecule has 0 aliphatic carbocycles. The molecule has 120 valence electrons. The van der Waals surface area contributed by atoms with Gasteiger partial charge >= 0.3 is 0 Å². The first-order valence-corrected chi connectivity index (χ1v) is 7.71. The third-order valence-corrected chi connectivity index (χ3v) is 3.69. The first kappa shape index (κ1) is 16.7. The number of rotatable bonds is 6. The third-order valence-electron chi connectivity index (χ3n) is 3.69. The summed E-state index contributed by atoms with van der Waals surface area (Å²) in [5.41, 5.74) is 8.60. The second kappa shape index (κ2) is 7.58. The van der Waals surface area contributed by atoms with Crippen LogP contribution in [0.25, 0.3) is 11.1 Å².